The summed E-state index contributed by atoms with van der Waals surface area (Å²) in [4.78, 5) is 41.9. The van der Waals surface area contributed by atoms with Crippen LogP contribution in [0.25, 0.3) is 5.57 Å². The second kappa shape index (κ2) is 9.87. The molecule has 2 heterocycles. The van der Waals surface area contributed by atoms with Crippen molar-refractivity contribution in [3.05, 3.63) is 101 Å². The van der Waals surface area contributed by atoms with Gasteiger partial charge in [-0.05, 0) is 28.9 Å². The first-order valence-electron chi connectivity index (χ1n) is 11.6. The molecule has 2 unspecified atom stereocenters. The number of amides is 2. The van der Waals surface area contributed by atoms with Gasteiger partial charge in [0.2, 0.25) is 5.91 Å². The molecular weight excluding hydrogens is 478 g/mol. The van der Waals surface area contributed by atoms with Gasteiger partial charge in [0.1, 0.15) is 0 Å². The van der Waals surface area contributed by atoms with E-state index in [1.165, 1.54) is 5.01 Å². The number of dihydropyridines is 1. The molecule has 8 heteroatoms. The Morgan fingerprint density at radius 3 is 2.39 bits per heavy atom. The SMILES string of the molecule is O=C(O)CCC(=O)N1N=C(C2=C(c3ccccc3)C3C=C(Cl)C=CC3=NC2=O)CC1c1ccccc1. The van der Waals surface area contributed by atoms with Gasteiger partial charge in [-0.3, -0.25) is 14.4 Å². The molecule has 7 nitrogen and oxygen atoms in total. The Kier molecular flexibility index (Phi) is 6.48. The van der Waals surface area contributed by atoms with Crippen LogP contribution in [0.4, 0.5) is 0 Å². The summed E-state index contributed by atoms with van der Waals surface area (Å²) in [6.07, 6.45) is 5.11. The highest BCUT2D eigenvalue weighted by Gasteiger charge is 2.40. The number of aliphatic carboxylic acids is 1. The number of carboxylic acids is 1. The maximum absolute atomic E-state index is 13.4. The summed E-state index contributed by atoms with van der Waals surface area (Å²) < 4.78 is 0. The standard InChI is InChI=1S/C28H22ClN3O4/c29-19-11-12-21-20(15-19)26(18-9-5-2-6-10-18)27(28(36)30-21)22-16-23(17-7-3-1-4-8-17)32(31-22)24(33)13-14-25(34)35/h1-12,15,20,23H,13-14,16H2,(H,34,35). The maximum atomic E-state index is 13.4. The highest BCUT2D eigenvalue weighted by atomic mass is 35.5. The molecule has 0 saturated carbocycles. The molecule has 0 aromatic heterocycles. The predicted molar refractivity (Wildman–Crippen MR) is 137 cm³/mol. The van der Waals surface area contributed by atoms with Crippen molar-refractivity contribution in [3.63, 3.8) is 0 Å². The molecule has 0 radical (unpaired) electrons. The number of carbonyl (C=O) groups is 3. The third-order valence-electron chi connectivity index (χ3n) is 6.36. The van der Waals surface area contributed by atoms with E-state index < -0.39 is 23.8 Å². The number of halogens is 1. The zero-order valence-corrected chi connectivity index (χ0v) is 19.9. The first-order valence-corrected chi connectivity index (χ1v) is 11.9. The molecule has 2 amide bonds. The first-order chi connectivity index (χ1) is 17.4. The fourth-order valence-corrected chi connectivity index (χ4v) is 4.91. The Bertz CT molecular complexity index is 1390. The molecule has 2 aromatic rings. The molecule has 0 spiro atoms. The van der Waals surface area contributed by atoms with Gasteiger partial charge < -0.3 is 5.11 Å². The van der Waals surface area contributed by atoms with Crippen LogP contribution in [0.5, 0.6) is 0 Å². The lowest BCUT2D eigenvalue weighted by atomic mass is 9.79. The van der Waals surface area contributed by atoms with E-state index in [4.69, 9.17) is 16.7 Å². The molecule has 3 aliphatic rings. The zero-order chi connectivity index (χ0) is 25.2. The van der Waals surface area contributed by atoms with E-state index in [0.717, 1.165) is 16.7 Å². The van der Waals surface area contributed by atoms with Crippen molar-refractivity contribution in [2.24, 2.45) is 16.0 Å². The maximum Gasteiger partial charge on any atom is 0.303 e. The second-order valence-corrected chi connectivity index (χ2v) is 9.10. The van der Waals surface area contributed by atoms with E-state index in [2.05, 4.69) is 10.1 Å². The van der Waals surface area contributed by atoms with Crippen LogP contribution in [0.15, 0.2) is 99.6 Å². The van der Waals surface area contributed by atoms with Gasteiger partial charge in [-0.15, -0.1) is 0 Å². The molecule has 0 bridgehead atoms. The van der Waals surface area contributed by atoms with E-state index in [9.17, 15) is 14.4 Å². The van der Waals surface area contributed by atoms with Crippen molar-refractivity contribution in [2.45, 2.75) is 25.3 Å². The van der Waals surface area contributed by atoms with Crippen LogP contribution >= 0.6 is 11.6 Å². The van der Waals surface area contributed by atoms with Gasteiger partial charge in [0.25, 0.3) is 5.91 Å². The van der Waals surface area contributed by atoms with E-state index in [1.807, 2.05) is 66.7 Å². The average Bonchev–Trinajstić information content (AvgIpc) is 3.33. The molecule has 2 aromatic carbocycles. The van der Waals surface area contributed by atoms with E-state index in [-0.39, 0.29) is 18.8 Å². The summed E-state index contributed by atoms with van der Waals surface area (Å²) in [5.74, 6) is -2.25. The fourth-order valence-electron chi connectivity index (χ4n) is 4.73. The van der Waals surface area contributed by atoms with Crippen molar-refractivity contribution in [3.8, 4) is 0 Å². The van der Waals surface area contributed by atoms with Crippen molar-refractivity contribution < 1.29 is 19.5 Å². The van der Waals surface area contributed by atoms with Crippen LogP contribution in [-0.4, -0.2) is 39.3 Å². The molecule has 0 saturated heterocycles. The van der Waals surface area contributed by atoms with E-state index in [0.29, 0.717) is 28.4 Å². The number of hydrazone groups is 1. The van der Waals surface area contributed by atoms with Crippen LogP contribution in [0.2, 0.25) is 0 Å². The number of aliphatic imine (C=N–C) groups is 1. The van der Waals surface area contributed by atoms with Gasteiger partial charge in [-0.1, -0.05) is 78.3 Å². The third kappa shape index (κ3) is 4.57. The number of allylic oxidation sites excluding steroid dienone is 5. The summed E-state index contributed by atoms with van der Waals surface area (Å²) >= 11 is 6.34. The molecule has 1 N–H and O–H groups in total. The number of benzene rings is 2. The minimum absolute atomic E-state index is 0.192. The predicted octanol–water partition coefficient (Wildman–Crippen LogP) is 4.92. The number of carboxylic acid groups (broad SMARTS) is 1. The van der Waals surface area contributed by atoms with Gasteiger partial charge in [0.15, 0.2) is 0 Å². The van der Waals surface area contributed by atoms with Gasteiger partial charge in [0.05, 0.1) is 29.5 Å². The number of rotatable bonds is 6. The van der Waals surface area contributed by atoms with Crippen LogP contribution in [-0.2, 0) is 14.4 Å². The van der Waals surface area contributed by atoms with Crippen LogP contribution in [0.1, 0.15) is 36.4 Å². The van der Waals surface area contributed by atoms with Gasteiger partial charge >= 0.3 is 5.97 Å². The van der Waals surface area contributed by atoms with Gasteiger partial charge in [-0.25, -0.2) is 10.0 Å². The minimum Gasteiger partial charge on any atom is -0.481 e. The molecule has 180 valence electrons. The summed E-state index contributed by atoms with van der Waals surface area (Å²) in [5, 5.41) is 15.6. The lowest BCUT2D eigenvalue weighted by Crippen LogP contribution is -2.27. The Hall–Kier alpha value is -4.10. The van der Waals surface area contributed by atoms with Crippen molar-refractivity contribution in [2.75, 3.05) is 0 Å². The second-order valence-electron chi connectivity index (χ2n) is 8.67. The van der Waals surface area contributed by atoms with Crippen LogP contribution in [0.3, 0.4) is 0 Å². The minimum atomic E-state index is -1.06. The summed E-state index contributed by atoms with van der Waals surface area (Å²) in [6.45, 7) is 0. The Morgan fingerprint density at radius 2 is 1.69 bits per heavy atom. The number of hydrogen-bond acceptors (Lipinski definition) is 4. The highest BCUT2D eigenvalue weighted by Crippen LogP contribution is 2.41. The molecule has 2 aliphatic heterocycles. The number of hydrogen-bond donors (Lipinski definition) is 1. The summed E-state index contributed by atoms with van der Waals surface area (Å²) in [7, 11) is 0. The quantitative estimate of drug-likeness (QED) is 0.609. The van der Waals surface area contributed by atoms with Crippen molar-refractivity contribution >= 4 is 46.4 Å². The highest BCUT2D eigenvalue weighted by molar-refractivity contribution is 6.36. The lowest BCUT2D eigenvalue weighted by Gasteiger charge is -2.27. The summed E-state index contributed by atoms with van der Waals surface area (Å²) in [6, 6.07) is 18.5. The molecule has 5 rings (SSSR count). The lowest BCUT2D eigenvalue weighted by molar-refractivity contribution is -0.141. The van der Waals surface area contributed by atoms with Crippen molar-refractivity contribution in [1.29, 1.82) is 0 Å². The third-order valence-corrected chi connectivity index (χ3v) is 6.61. The first kappa shape index (κ1) is 23.6. The molecular formula is C28H22ClN3O4. The number of carbonyl (C=O) groups excluding carboxylic acids is 2. The Balaban J connectivity index is 1.63. The average molecular weight is 500 g/mol. The fraction of sp³-hybridized carbons (Fsp3) is 0.179. The Morgan fingerprint density at radius 1 is 1.00 bits per heavy atom. The van der Waals surface area contributed by atoms with Crippen molar-refractivity contribution in [1.82, 2.24) is 5.01 Å². The zero-order valence-electron chi connectivity index (χ0n) is 19.2. The molecule has 0 fully saturated rings. The topological polar surface area (TPSA) is 99.4 Å². The molecule has 1 aliphatic carbocycles. The molecule has 36 heavy (non-hydrogen) atoms. The normalized spacial score (nSPS) is 21.1. The van der Waals surface area contributed by atoms with Gasteiger partial charge in [0, 0.05) is 23.8 Å². The number of nitrogens with zero attached hydrogens (tertiary/aromatic N) is 3. The van der Waals surface area contributed by atoms with E-state index >= 15 is 0 Å². The Labute approximate surface area is 212 Å². The van der Waals surface area contributed by atoms with Gasteiger partial charge in [-0.2, -0.15) is 5.10 Å². The summed E-state index contributed by atoms with van der Waals surface area (Å²) in [5.41, 5.74) is 3.80. The number of fused-ring (bicyclic) bond motifs is 1. The smallest absolute Gasteiger partial charge is 0.303 e. The monoisotopic (exact) mass is 499 g/mol. The largest absolute Gasteiger partial charge is 0.481 e. The molecule has 2 atom stereocenters. The van der Waals surface area contributed by atoms with Crippen LogP contribution < -0.4 is 0 Å². The van der Waals surface area contributed by atoms with E-state index in [1.54, 1.807) is 12.2 Å². The van der Waals surface area contributed by atoms with Crippen LogP contribution in [0, 0.1) is 5.92 Å².